The van der Waals surface area contributed by atoms with Crippen LogP contribution in [-0.2, 0) is 52.7 Å². The molecule has 0 saturated heterocycles. The fourth-order valence-corrected chi connectivity index (χ4v) is 9.01. The Morgan fingerprint density at radius 2 is 0.739 bits per heavy atom. The number of aliphatic hydroxyl groups is 1. The van der Waals surface area contributed by atoms with Crippen LogP contribution in [0.4, 0.5) is 0 Å². The second kappa shape index (κ2) is 47.2. The maximum absolute atomic E-state index is 14.5. The van der Waals surface area contributed by atoms with Gasteiger partial charge in [-0.05, 0) is 160 Å². The molecule has 32 heteroatoms. The Morgan fingerprint density at radius 1 is 0.409 bits per heavy atom. The Labute approximate surface area is 517 Å². The largest absolute Gasteiger partial charge is 0.481 e. The number of carbonyl (C=O) groups is 11. The van der Waals surface area contributed by atoms with Crippen molar-refractivity contribution in [2.75, 3.05) is 45.9 Å². The molecule has 0 aromatic rings. The van der Waals surface area contributed by atoms with E-state index >= 15 is 0 Å². The van der Waals surface area contributed by atoms with E-state index < -0.39 is 151 Å². The molecular formula is C56H108N18O14. The number of carboxylic acids is 2. The van der Waals surface area contributed by atoms with Crippen LogP contribution < -0.4 is 93.7 Å². The third-order valence-corrected chi connectivity index (χ3v) is 14.4. The third-order valence-electron chi connectivity index (χ3n) is 14.4. The summed E-state index contributed by atoms with van der Waals surface area (Å²) >= 11 is 0. The molecule has 0 aliphatic rings. The molecule has 0 unspecified atom stereocenters. The molecule has 506 valence electrons. The number of guanidine groups is 1. The normalized spacial score (nSPS) is 15.0. The second-order valence-corrected chi connectivity index (χ2v) is 22.4. The van der Waals surface area contributed by atoms with Gasteiger partial charge in [0.1, 0.15) is 54.4 Å². The van der Waals surface area contributed by atoms with Crippen LogP contribution >= 0.6 is 0 Å². The highest BCUT2D eigenvalue weighted by molar-refractivity contribution is 5.98. The number of nitrogens with zero attached hydrogens (tertiary/aromatic N) is 1. The minimum atomic E-state index is -1.75. The van der Waals surface area contributed by atoms with Crippen LogP contribution in [0.1, 0.15) is 163 Å². The van der Waals surface area contributed by atoms with Gasteiger partial charge in [0.15, 0.2) is 5.96 Å². The number of nitrogens with one attached hydrogen (secondary N) is 9. The highest BCUT2D eigenvalue weighted by Gasteiger charge is 2.37. The molecule has 0 saturated carbocycles. The van der Waals surface area contributed by atoms with Gasteiger partial charge in [-0.2, -0.15) is 0 Å². The lowest BCUT2D eigenvalue weighted by Gasteiger charge is -2.30. The maximum Gasteiger partial charge on any atom is 0.326 e. The zero-order valence-corrected chi connectivity index (χ0v) is 52.1. The minimum absolute atomic E-state index is 0.0109. The number of aliphatic imine (C=N–C) groups is 1. The monoisotopic (exact) mass is 1260 g/mol. The molecule has 0 aromatic carbocycles. The Morgan fingerprint density at radius 3 is 1.12 bits per heavy atom. The van der Waals surface area contributed by atoms with Gasteiger partial charge in [0.25, 0.3) is 0 Å². The van der Waals surface area contributed by atoms with E-state index in [1.54, 1.807) is 13.8 Å². The van der Waals surface area contributed by atoms with E-state index in [0.29, 0.717) is 77.3 Å². The number of hydrogen-bond acceptors (Lipinski definition) is 19. The molecule has 0 bridgehead atoms. The minimum Gasteiger partial charge on any atom is -0.481 e. The van der Waals surface area contributed by atoms with E-state index in [1.807, 2.05) is 13.8 Å². The highest BCUT2D eigenvalue weighted by atomic mass is 16.4. The van der Waals surface area contributed by atoms with Gasteiger partial charge in [-0.3, -0.25) is 52.9 Å². The summed E-state index contributed by atoms with van der Waals surface area (Å²) in [5, 5.41) is 52.9. The first-order valence-electron chi connectivity index (χ1n) is 30.9. The van der Waals surface area contributed by atoms with Crippen molar-refractivity contribution in [1.82, 2.24) is 47.9 Å². The van der Waals surface area contributed by atoms with Gasteiger partial charge in [-0.1, -0.05) is 40.5 Å². The number of carbonyl (C=O) groups excluding carboxylic acids is 9. The van der Waals surface area contributed by atoms with Crippen molar-refractivity contribution in [3.63, 3.8) is 0 Å². The molecule has 0 rings (SSSR count). The molecule has 32 nitrogen and oxygen atoms in total. The SMILES string of the molecule is CC[C@H](C)[C@H](NC(=O)[C@H](CCCN=C(N)N)NC(=O)[C@H](CC(C)C)NC(=O)[C@H](CCCCN)NC(=O)[C@@H](N)CCCCN)C(=O)N[C@@H](CCCCN)C(=O)N[C@@H](CO)C(=O)N[C@@H](CCCCN)C(=O)N[C@@H](CCC(=O)O)C(=O)N[C@@H](CCCCN)C(=O)O. The predicted octanol–water partition coefficient (Wildman–Crippen LogP) is -4.59. The van der Waals surface area contributed by atoms with Crippen LogP contribution in [0.25, 0.3) is 0 Å². The molecule has 9 amide bonds. The smallest absolute Gasteiger partial charge is 0.326 e. The Balaban J connectivity index is 6.94. The highest BCUT2D eigenvalue weighted by Crippen LogP contribution is 2.15. The average Bonchev–Trinajstić information content (AvgIpc) is 3.37. The lowest BCUT2D eigenvalue weighted by atomic mass is 9.96. The Hall–Kier alpha value is -6.84. The Bertz CT molecular complexity index is 2180. The van der Waals surface area contributed by atoms with E-state index in [4.69, 9.17) is 45.9 Å². The number of rotatable bonds is 51. The summed E-state index contributed by atoms with van der Waals surface area (Å²) in [5.74, 6) is -11.4. The van der Waals surface area contributed by atoms with Crippen molar-refractivity contribution in [2.24, 2.45) is 62.7 Å². The topological polar surface area (TPSA) is 577 Å². The standard InChI is InChI=1S/C56H108N18O14/c1-5-34(4)45(74-51(83)39(22-16-30-65-56(63)64)67-52(84)42(31-33(2)3)72-48(80)36(18-7-12-26-58)66-46(78)35(62)17-6-11-25-57)54(86)70-38(20-9-14-28-60)49(81)73-43(32-75)53(85)68-37(19-8-13-27-59)47(79)69-40(23-24-44(76)77)50(82)71-41(55(87)88)21-10-15-29-61/h33-43,45,75H,5-32,57-62H2,1-4H3,(H,66,78)(H,67,84)(H,68,85)(H,69,79)(H,70,86)(H,71,82)(H,72,80)(H,73,81)(H,74,83)(H,76,77)(H,87,88)(H4,63,64,65)/t34-,35-,36-,37-,38-,39-,40-,41-,42-,43-,45-/m0/s1. The van der Waals surface area contributed by atoms with E-state index in [1.165, 1.54) is 0 Å². The first-order valence-corrected chi connectivity index (χ1v) is 30.9. The molecule has 0 fully saturated rings. The van der Waals surface area contributed by atoms with Crippen molar-refractivity contribution in [2.45, 2.75) is 223 Å². The number of aliphatic carboxylic acids is 2. The van der Waals surface area contributed by atoms with Gasteiger partial charge in [0.05, 0.1) is 12.6 Å². The average molecular weight is 1260 g/mol. The molecule has 0 heterocycles. The van der Waals surface area contributed by atoms with Crippen molar-refractivity contribution in [1.29, 1.82) is 0 Å². The fraction of sp³-hybridized carbons (Fsp3) is 0.786. The number of unbranched alkanes of at least 4 members (excludes halogenated alkanes) is 5. The van der Waals surface area contributed by atoms with E-state index in [9.17, 15) is 68.1 Å². The van der Waals surface area contributed by atoms with Crippen LogP contribution in [0.5, 0.6) is 0 Å². The molecule has 0 spiro atoms. The first kappa shape index (κ1) is 81.2. The fourth-order valence-electron chi connectivity index (χ4n) is 9.01. The van der Waals surface area contributed by atoms with Crippen LogP contribution in [-0.4, -0.2) is 193 Å². The lowest BCUT2D eigenvalue weighted by molar-refractivity contribution is -0.143. The zero-order valence-electron chi connectivity index (χ0n) is 52.1. The molecule has 88 heavy (non-hydrogen) atoms. The van der Waals surface area contributed by atoms with Crippen LogP contribution in [0, 0.1) is 11.8 Å². The van der Waals surface area contributed by atoms with E-state index in [0.717, 1.165) is 0 Å². The molecule has 0 aromatic heterocycles. The zero-order chi connectivity index (χ0) is 66.7. The van der Waals surface area contributed by atoms with Crippen LogP contribution in [0.3, 0.4) is 0 Å². The summed E-state index contributed by atoms with van der Waals surface area (Å²) in [5.41, 5.74) is 45.6. The van der Waals surface area contributed by atoms with E-state index in [-0.39, 0.29) is 95.8 Å². The molecular weight excluding hydrogens is 1150 g/mol. The number of hydrogen-bond donors (Lipinski definition) is 20. The van der Waals surface area contributed by atoms with Crippen molar-refractivity contribution < 1.29 is 68.1 Å². The number of carboxylic acid groups (broad SMARTS) is 2. The van der Waals surface area contributed by atoms with Crippen molar-refractivity contribution in [3.8, 4) is 0 Å². The number of amides is 9. The second-order valence-electron chi connectivity index (χ2n) is 22.4. The van der Waals surface area contributed by atoms with Gasteiger partial charge < -0.3 is 109 Å². The van der Waals surface area contributed by atoms with Gasteiger partial charge in [-0.15, -0.1) is 0 Å². The van der Waals surface area contributed by atoms with Crippen LogP contribution in [0.2, 0.25) is 0 Å². The molecule has 11 atom stereocenters. The third kappa shape index (κ3) is 34.6. The lowest BCUT2D eigenvalue weighted by Crippen LogP contribution is -2.61. The predicted molar refractivity (Wildman–Crippen MR) is 330 cm³/mol. The number of aliphatic hydroxyl groups excluding tert-OH is 1. The van der Waals surface area contributed by atoms with Gasteiger partial charge in [0.2, 0.25) is 53.2 Å². The first-order chi connectivity index (χ1) is 41.7. The molecule has 28 N–H and O–H groups in total. The summed E-state index contributed by atoms with van der Waals surface area (Å²) in [6.07, 6.45) is 4.08. The molecule has 0 aliphatic carbocycles. The van der Waals surface area contributed by atoms with E-state index in [2.05, 4.69) is 52.8 Å². The molecule has 0 aliphatic heterocycles. The molecule has 0 radical (unpaired) electrons. The van der Waals surface area contributed by atoms with Gasteiger partial charge >= 0.3 is 11.9 Å². The van der Waals surface area contributed by atoms with Crippen molar-refractivity contribution >= 4 is 71.1 Å². The summed E-state index contributed by atoms with van der Waals surface area (Å²) in [4.78, 5) is 153. The number of nitrogens with two attached hydrogens (primary N) is 8. The maximum atomic E-state index is 14.5. The quantitative estimate of drug-likeness (QED) is 0.0155. The summed E-state index contributed by atoms with van der Waals surface area (Å²) in [7, 11) is 0. The summed E-state index contributed by atoms with van der Waals surface area (Å²) < 4.78 is 0. The van der Waals surface area contributed by atoms with Crippen molar-refractivity contribution in [3.05, 3.63) is 0 Å². The summed E-state index contributed by atoms with van der Waals surface area (Å²) in [6, 6.07) is -13.6. The summed E-state index contributed by atoms with van der Waals surface area (Å²) in [6.45, 7) is 7.46. The Kier molecular flexibility index (Phi) is 43.5. The van der Waals surface area contributed by atoms with Gasteiger partial charge in [0, 0.05) is 13.0 Å². The van der Waals surface area contributed by atoms with Gasteiger partial charge in [-0.25, -0.2) is 4.79 Å². The van der Waals surface area contributed by atoms with Crippen LogP contribution in [0.15, 0.2) is 4.99 Å².